The van der Waals surface area contributed by atoms with E-state index in [9.17, 15) is 0 Å². The Balaban J connectivity index is 1.83. The third kappa shape index (κ3) is 1.92. The number of imidazole rings is 1. The van der Waals surface area contributed by atoms with E-state index in [4.69, 9.17) is 4.98 Å². The van der Waals surface area contributed by atoms with E-state index in [-0.39, 0.29) is 0 Å². The van der Waals surface area contributed by atoms with Gasteiger partial charge in [-0.15, -0.1) is 0 Å². The fourth-order valence-corrected chi connectivity index (χ4v) is 4.32. The minimum absolute atomic E-state index is 0.603. The molecule has 2 aromatic rings. The molecule has 1 N–H and O–H groups in total. The summed E-state index contributed by atoms with van der Waals surface area (Å²) in [7, 11) is 0. The highest BCUT2D eigenvalue weighted by Gasteiger charge is 2.41. The van der Waals surface area contributed by atoms with Crippen LogP contribution >= 0.6 is 15.9 Å². The molecule has 0 amide bonds. The van der Waals surface area contributed by atoms with Gasteiger partial charge in [-0.1, -0.05) is 22.9 Å². The third-order valence-corrected chi connectivity index (χ3v) is 5.31. The van der Waals surface area contributed by atoms with Crippen LogP contribution in [0, 0.1) is 0 Å². The number of fused-ring (bicyclic) bond motifs is 3. The lowest BCUT2D eigenvalue weighted by atomic mass is 9.88. The lowest BCUT2D eigenvalue weighted by molar-refractivity contribution is 0.467. The summed E-state index contributed by atoms with van der Waals surface area (Å²) in [6, 6.07) is 7.85. The summed E-state index contributed by atoms with van der Waals surface area (Å²) in [6.07, 6.45) is 5.08. The molecule has 0 aliphatic carbocycles. The zero-order valence-corrected chi connectivity index (χ0v) is 13.4. The van der Waals surface area contributed by atoms with Gasteiger partial charge in [0, 0.05) is 29.0 Å². The number of benzene rings is 1. The minimum Gasteiger partial charge on any atom is -0.328 e. The lowest BCUT2D eigenvalue weighted by Gasteiger charge is -2.21. The molecule has 3 heterocycles. The van der Waals surface area contributed by atoms with Crippen LogP contribution in [0.1, 0.15) is 44.3 Å². The van der Waals surface area contributed by atoms with Crippen molar-refractivity contribution in [3.63, 3.8) is 0 Å². The average molecular weight is 334 g/mol. The summed E-state index contributed by atoms with van der Waals surface area (Å²) in [5, 5.41) is 3.74. The Bertz CT molecular complexity index is 648. The number of nitrogens with zero attached hydrogens (tertiary/aromatic N) is 2. The number of hydrogen-bond acceptors (Lipinski definition) is 2. The Kier molecular flexibility index (Phi) is 3.11. The van der Waals surface area contributed by atoms with E-state index in [1.165, 1.54) is 30.6 Å². The zero-order chi connectivity index (χ0) is 13.7. The quantitative estimate of drug-likeness (QED) is 0.925. The van der Waals surface area contributed by atoms with Crippen molar-refractivity contribution in [2.45, 2.75) is 57.2 Å². The van der Waals surface area contributed by atoms with E-state index in [0.29, 0.717) is 12.0 Å². The van der Waals surface area contributed by atoms with Gasteiger partial charge in [0.1, 0.15) is 5.82 Å². The molecule has 0 spiro atoms. The van der Waals surface area contributed by atoms with Gasteiger partial charge in [0.25, 0.3) is 0 Å². The Hall–Kier alpha value is -0.870. The fraction of sp³-hybridized carbons (Fsp3) is 0.562. The fourth-order valence-electron chi connectivity index (χ4n) is 3.97. The summed E-state index contributed by atoms with van der Waals surface area (Å²) < 4.78 is 3.57. The molecule has 1 aromatic heterocycles. The van der Waals surface area contributed by atoms with Crippen LogP contribution in [0.25, 0.3) is 11.0 Å². The molecule has 2 saturated heterocycles. The van der Waals surface area contributed by atoms with E-state index >= 15 is 0 Å². The highest BCUT2D eigenvalue weighted by molar-refractivity contribution is 9.10. The van der Waals surface area contributed by atoms with Crippen molar-refractivity contribution in [3.8, 4) is 0 Å². The van der Waals surface area contributed by atoms with Crippen LogP contribution in [-0.2, 0) is 6.54 Å². The normalized spacial score (nSPS) is 28.6. The molecule has 2 fully saturated rings. The summed E-state index contributed by atoms with van der Waals surface area (Å²) in [5.41, 5.74) is 2.42. The monoisotopic (exact) mass is 333 g/mol. The molecule has 106 valence electrons. The topological polar surface area (TPSA) is 29.9 Å². The molecule has 0 radical (unpaired) electrons. The molecule has 2 bridgehead atoms. The van der Waals surface area contributed by atoms with Crippen LogP contribution in [0.2, 0.25) is 0 Å². The van der Waals surface area contributed by atoms with Crippen molar-refractivity contribution < 1.29 is 0 Å². The van der Waals surface area contributed by atoms with Gasteiger partial charge in [-0.25, -0.2) is 4.98 Å². The smallest absolute Gasteiger partial charge is 0.114 e. The maximum Gasteiger partial charge on any atom is 0.114 e. The first kappa shape index (κ1) is 12.8. The molecule has 3 nitrogen and oxygen atoms in total. The number of rotatable bonds is 3. The highest BCUT2D eigenvalue weighted by atomic mass is 79.9. The third-order valence-electron chi connectivity index (χ3n) is 4.82. The first-order chi connectivity index (χ1) is 9.76. The number of halogens is 1. The van der Waals surface area contributed by atoms with Gasteiger partial charge in [-0.3, -0.25) is 0 Å². The molecular weight excluding hydrogens is 314 g/mol. The molecule has 3 unspecified atom stereocenters. The van der Waals surface area contributed by atoms with Crippen LogP contribution < -0.4 is 5.32 Å². The number of aromatic nitrogens is 2. The summed E-state index contributed by atoms with van der Waals surface area (Å²) in [6.45, 7) is 3.31. The molecule has 1 aromatic carbocycles. The van der Waals surface area contributed by atoms with Gasteiger partial charge in [-0.05, 0) is 43.9 Å². The standard InChI is InChI=1S/C16H20BrN3/c1-2-7-20-15-6-3-10(17)8-14(15)19-16(20)12-9-11-4-5-13(12)18-11/h3,6,8,11-13,18H,2,4-5,7,9H2,1H3. The first-order valence-electron chi connectivity index (χ1n) is 7.68. The summed E-state index contributed by atoms with van der Waals surface area (Å²) in [5.74, 6) is 1.91. The SMILES string of the molecule is CCCn1c(C2CC3CCC2N3)nc2cc(Br)ccc21. The van der Waals surface area contributed by atoms with Gasteiger partial charge >= 0.3 is 0 Å². The molecular formula is C16H20BrN3. The molecule has 4 heteroatoms. The molecule has 3 atom stereocenters. The average Bonchev–Trinajstić information content (AvgIpc) is 3.12. The second-order valence-corrected chi connectivity index (χ2v) is 7.06. The van der Waals surface area contributed by atoms with Crippen molar-refractivity contribution >= 4 is 27.0 Å². The Morgan fingerprint density at radius 3 is 3.00 bits per heavy atom. The lowest BCUT2D eigenvalue weighted by Crippen LogP contribution is -2.23. The predicted molar refractivity (Wildman–Crippen MR) is 85.0 cm³/mol. The first-order valence-corrected chi connectivity index (χ1v) is 8.47. The van der Waals surface area contributed by atoms with Gasteiger partial charge in [0.15, 0.2) is 0 Å². The van der Waals surface area contributed by atoms with Crippen molar-refractivity contribution in [1.29, 1.82) is 0 Å². The van der Waals surface area contributed by atoms with E-state index in [2.05, 4.69) is 50.9 Å². The zero-order valence-electron chi connectivity index (χ0n) is 11.8. The molecule has 4 rings (SSSR count). The van der Waals surface area contributed by atoms with Crippen LogP contribution in [0.15, 0.2) is 22.7 Å². The van der Waals surface area contributed by atoms with Crippen LogP contribution in [-0.4, -0.2) is 21.6 Å². The molecule has 0 saturated carbocycles. The van der Waals surface area contributed by atoms with Crippen molar-refractivity contribution in [2.75, 3.05) is 0 Å². The Morgan fingerprint density at radius 2 is 2.30 bits per heavy atom. The van der Waals surface area contributed by atoms with Gasteiger partial charge in [0.2, 0.25) is 0 Å². The Morgan fingerprint density at radius 1 is 1.40 bits per heavy atom. The van der Waals surface area contributed by atoms with E-state index in [1.807, 2.05) is 0 Å². The maximum atomic E-state index is 4.99. The Labute approximate surface area is 127 Å². The number of aryl methyl sites for hydroxylation is 1. The summed E-state index contributed by atoms with van der Waals surface area (Å²) >= 11 is 3.56. The second-order valence-electron chi connectivity index (χ2n) is 6.14. The van der Waals surface area contributed by atoms with Crippen LogP contribution in [0.4, 0.5) is 0 Å². The highest BCUT2D eigenvalue weighted by Crippen LogP contribution is 2.40. The van der Waals surface area contributed by atoms with Crippen molar-refractivity contribution in [2.24, 2.45) is 0 Å². The van der Waals surface area contributed by atoms with Gasteiger partial charge < -0.3 is 9.88 Å². The maximum absolute atomic E-state index is 4.99. The largest absolute Gasteiger partial charge is 0.328 e. The van der Waals surface area contributed by atoms with Gasteiger partial charge in [0.05, 0.1) is 11.0 Å². The van der Waals surface area contributed by atoms with E-state index < -0.39 is 0 Å². The summed E-state index contributed by atoms with van der Waals surface area (Å²) in [4.78, 5) is 4.99. The second kappa shape index (κ2) is 4.85. The molecule has 20 heavy (non-hydrogen) atoms. The number of hydrogen-bond donors (Lipinski definition) is 1. The minimum atomic E-state index is 0.603. The molecule has 2 aliphatic rings. The van der Waals surface area contributed by atoms with Gasteiger partial charge in [-0.2, -0.15) is 0 Å². The van der Waals surface area contributed by atoms with E-state index in [0.717, 1.165) is 29.0 Å². The molecule has 2 aliphatic heterocycles. The predicted octanol–water partition coefficient (Wildman–Crippen LogP) is 3.82. The van der Waals surface area contributed by atoms with Crippen LogP contribution in [0.5, 0.6) is 0 Å². The van der Waals surface area contributed by atoms with Crippen LogP contribution in [0.3, 0.4) is 0 Å². The number of nitrogens with one attached hydrogen (secondary N) is 1. The van der Waals surface area contributed by atoms with Crippen molar-refractivity contribution in [1.82, 2.24) is 14.9 Å². The van der Waals surface area contributed by atoms with Crippen molar-refractivity contribution in [3.05, 3.63) is 28.5 Å². The van der Waals surface area contributed by atoms with E-state index in [1.54, 1.807) is 0 Å².